The van der Waals surface area contributed by atoms with E-state index in [9.17, 15) is 9.59 Å². The van der Waals surface area contributed by atoms with E-state index in [0.29, 0.717) is 6.42 Å². The highest BCUT2D eigenvalue weighted by atomic mass is 16.4. The molecule has 1 aliphatic rings. The van der Waals surface area contributed by atoms with Crippen molar-refractivity contribution < 1.29 is 14.7 Å². The van der Waals surface area contributed by atoms with E-state index in [1.54, 1.807) is 11.9 Å². The molecule has 0 aromatic rings. The monoisotopic (exact) mass is 257 g/mol. The molecule has 0 unspecified atom stereocenters. The van der Waals surface area contributed by atoms with E-state index in [-0.39, 0.29) is 12.1 Å². The summed E-state index contributed by atoms with van der Waals surface area (Å²) in [5.41, 5.74) is 0. The Labute approximate surface area is 108 Å². The van der Waals surface area contributed by atoms with Gasteiger partial charge in [-0.3, -0.25) is 0 Å². The molecule has 2 amide bonds. The van der Waals surface area contributed by atoms with E-state index in [0.717, 1.165) is 32.4 Å². The van der Waals surface area contributed by atoms with E-state index in [2.05, 4.69) is 10.6 Å². The van der Waals surface area contributed by atoms with Crippen LogP contribution in [0.3, 0.4) is 0 Å². The predicted molar refractivity (Wildman–Crippen MR) is 68.5 cm³/mol. The van der Waals surface area contributed by atoms with Crippen molar-refractivity contribution in [1.29, 1.82) is 0 Å². The van der Waals surface area contributed by atoms with Crippen LogP contribution in [0.1, 0.15) is 32.6 Å². The second-order valence-corrected chi connectivity index (χ2v) is 4.72. The van der Waals surface area contributed by atoms with Crippen LogP contribution in [0.4, 0.5) is 4.79 Å². The molecule has 0 spiro atoms. The molecule has 1 rings (SSSR count). The summed E-state index contributed by atoms with van der Waals surface area (Å²) in [4.78, 5) is 24.6. The molecular formula is C12H23N3O3. The van der Waals surface area contributed by atoms with Gasteiger partial charge in [0.1, 0.15) is 6.04 Å². The van der Waals surface area contributed by atoms with Crippen LogP contribution in [0.25, 0.3) is 0 Å². The molecule has 3 N–H and O–H groups in total. The quantitative estimate of drug-likeness (QED) is 0.675. The second kappa shape index (κ2) is 7.20. The highest BCUT2D eigenvalue weighted by Crippen LogP contribution is 2.10. The lowest BCUT2D eigenvalue weighted by molar-refractivity contribution is -0.139. The van der Waals surface area contributed by atoms with Gasteiger partial charge in [0, 0.05) is 13.1 Å². The maximum absolute atomic E-state index is 12.0. The summed E-state index contributed by atoms with van der Waals surface area (Å²) < 4.78 is 0. The summed E-state index contributed by atoms with van der Waals surface area (Å²) in [5, 5.41) is 14.8. The van der Waals surface area contributed by atoms with Gasteiger partial charge in [0.05, 0.1) is 0 Å². The number of carbonyl (C=O) groups excluding carboxylic acids is 1. The molecule has 104 valence electrons. The molecule has 6 heteroatoms. The average molecular weight is 257 g/mol. The second-order valence-electron chi connectivity index (χ2n) is 4.72. The third kappa shape index (κ3) is 4.18. The molecule has 18 heavy (non-hydrogen) atoms. The number of rotatable bonds is 5. The number of carbonyl (C=O) groups is 2. The fourth-order valence-electron chi connectivity index (χ4n) is 2.16. The van der Waals surface area contributed by atoms with Crippen molar-refractivity contribution in [3.63, 3.8) is 0 Å². The molecule has 0 bridgehead atoms. The number of carboxylic acids is 1. The molecule has 1 saturated heterocycles. The molecule has 1 heterocycles. The van der Waals surface area contributed by atoms with Crippen LogP contribution in [0.5, 0.6) is 0 Å². The van der Waals surface area contributed by atoms with Gasteiger partial charge >= 0.3 is 12.0 Å². The van der Waals surface area contributed by atoms with Gasteiger partial charge in [-0.25, -0.2) is 9.59 Å². The van der Waals surface area contributed by atoms with Gasteiger partial charge in [-0.2, -0.15) is 0 Å². The van der Waals surface area contributed by atoms with Crippen LogP contribution >= 0.6 is 0 Å². The van der Waals surface area contributed by atoms with Gasteiger partial charge in [0.15, 0.2) is 0 Å². The Balaban J connectivity index is 2.48. The van der Waals surface area contributed by atoms with Gasteiger partial charge in [0.25, 0.3) is 0 Å². The Morgan fingerprint density at radius 1 is 1.44 bits per heavy atom. The van der Waals surface area contributed by atoms with Crippen molar-refractivity contribution in [2.75, 3.05) is 20.1 Å². The number of amides is 2. The third-order valence-electron chi connectivity index (χ3n) is 3.35. The lowest BCUT2D eigenvalue weighted by Crippen LogP contribution is -2.51. The summed E-state index contributed by atoms with van der Waals surface area (Å²) in [6, 6.07) is -0.878. The standard InChI is InChI=1S/C12H23N3O3/c1-3-4-10(11(16)17)14-12(18)15(2)9-5-7-13-8-6-9/h9-10,13H,3-8H2,1-2H3,(H,14,18)(H,16,17)/t10-/m0/s1. The van der Waals surface area contributed by atoms with Crippen LogP contribution in [0.15, 0.2) is 0 Å². The van der Waals surface area contributed by atoms with Crippen molar-refractivity contribution >= 4 is 12.0 Å². The number of hydrogen-bond donors (Lipinski definition) is 3. The average Bonchev–Trinajstić information content (AvgIpc) is 2.38. The minimum atomic E-state index is -0.969. The first-order valence-corrected chi connectivity index (χ1v) is 6.53. The van der Waals surface area contributed by atoms with Crippen molar-refractivity contribution in [1.82, 2.24) is 15.5 Å². The van der Waals surface area contributed by atoms with E-state index in [1.807, 2.05) is 6.92 Å². The SMILES string of the molecule is CCC[C@H](NC(=O)N(C)C1CCNCC1)C(=O)O. The summed E-state index contributed by atoms with van der Waals surface area (Å²) in [5.74, 6) is -0.969. The largest absolute Gasteiger partial charge is 0.480 e. The highest BCUT2D eigenvalue weighted by Gasteiger charge is 2.25. The van der Waals surface area contributed by atoms with Crippen LogP contribution in [0.2, 0.25) is 0 Å². The van der Waals surface area contributed by atoms with E-state index in [4.69, 9.17) is 5.11 Å². The fraction of sp³-hybridized carbons (Fsp3) is 0.833. The van der Waals surface area contributed by atoms with Crippen LogP contribution < -0.4 is 10.6 Å². The minimum absolute atomic E-state index is 0.197. The normalized spacial score (nSPS) is 18.1. The molecule has 0 radical (unpaired) electrons. The molecule has 0 aromatic heterocycles. The molecule has 1 atom stereocenters. The van der Waals surface area contributed by atoms with Crippen LogP contribution in [0, 0.1) is 0 Å². The van der Waals surface area contributed by atoms with Gasteiger partial charge in [-0.15, -0.1) is 0 Å². The van der Waals surface area contributed by atoms with Crippen molar-refractivity contribution in [2.24, 2.45) is 0 Å². The first kappa shape index (κ1) is 14.8. The zero-order valence-electron chi connectivity index (χ0n) is 11.1. The van der Waals surface area contributed by atoms with Crippen LogP contribution in [-0.2, 0) is 4.79 Å². The number of hydrogen-bond acceptors (Lipinski definition) is 3. The summed E-state index contributed by atoms with van der Waals surface area (Å²) in [6.45, 7) is 3.71. The van der Waals surface area contributed by atoms with E-state index < -0.39 is 12.0 Å². The zero-order valence-corrected chi connectivity index (χ0v) is 11.1. The molecule has 6 nitrogen and oxygen atoms in total. The van der Waals surface area contributed by atoms with Gasteiger partial charge < -0.3 is 20.6 Å². The van der Waals surface area contributed by atoms with E-state index in [1.165, 1.54) is 0 Å². The summed E-state index contributed by atoms with van der Waals surface area (Å²) in [7, 11) is 1.73. The third-order valence-corrected chi connectivity index (χ3v) is 3.35. The highest BCUT2D eigenvalue weighted by molar-refractivity contribution is 5.82. The molecule has 1 fully saturated rings. The fourth-order valence-corrected chi connectivity index (χ4v) is 2.16. The lowest BCUT2D eigenvalue weighted by Gasteiger charge is -2.32. The van der Waals surface area contributed by atoms with Gasteiger partial charge in [-0.05, 0) is 32.4 Å². The number of nitrogens with one attached hydrogen (secondary N) is 2. The maximum Gasteiger partial charge on any atom is 0.326 e. The Bertz CT molecular complexity index is 290. The molecule has 1 aliphatic heterocycles. The first-order valence-electron chi connectivity index (χ1n) is 6.53. The Morgan fingerprint density at radius 3 is 2.56 bits per heavy atom. The Kier molecular flexibility index (Phi) is 5.91. The minimum Gasteiger partial charge on any atom is -0.480 e. The van der Waals surface area contributed by atoms with Crippen molar-refractivity contribution in [2.45, 2.75) is 44.7 Å². The molecular weight excluding hydrogens is 234 g/mol. The van der Waals surface area contributed by atoms with E-state index >= 15 is 0 Å². The number of piperidine rings is 1. The molecule has 0 saturated carbocycles. The Hall–Kier alpha value is -1.30. The predicted octanol–water partition coefficient (Wildman–Crippen LogP) is 0.633. The number of urea groups is 1. The van der Waals surface area contributed by atoms with Crippen LogP contribution in [-0.4, -0.2) is 54.2 Å². The topological polar surface area (TPSA) is 81.7 Å². The van der Waals surface area contributed by atoms with Crippen molar-refractivity contribution in [3.8, 4) is 0 Å². The van der Waals surface area contributed by atoms with Crippen molar-refractivity contribution in [3.05, 3.63) is 0 Å². The maximum atomic E-state index is 12.0. The number of nitrogens with zero attached hydrogens (tertiary/aromatic N) is 1. The van der Waals surface area contributed by atoms with Gasteiger partial charge in [0.2, 0.25) is 0 Å². The van der Waals surface area contributed by atoms with Gasteiger partial charge in [-0.1, -0.05) is 13.3 Å². The number of aliphatic carboxylic acids is 1. The zero-order chi connectivity index (χ0) is 13.5. The molecule has 0 aromatic carbocycles. The number of carboxylic acid groups (broad SMARTS) is 1. The lowest BCUT2D eigenvalue weighted by atomic mass is 10.1. The molecule has 0 aliphatic carbocycles. The summed E-state index contributed by atoms with van der Waals surface area (Å²) >= 11 is 0. The summed E-state index contributed by atoms with van der Waals surface area (Å²) in [6.07, 6.45) is 3.01. The first-order chi connectivity index (χ1) is 8.56. The Morgan fingerprint density at radius 2 is 2.06 bits per heavy atom. The smallest absolute Gasteiger partial charge is 0.326 e.